The average Bonchev–Trinajstić information content (AvgIpc) is 2.45. The van der Waals surface area contributed by atoms with Gasteiger partial charge in [-0.15, -0.1) is 0 Å². The van der Waals surface area contributed by atoms with E-state index in [0.29, 0.717) is 19.8 Å². The van der Waals surface area contributed by atoms with Crippen LogP contribution < -0.4 is 9.64 Å². The van der Waals surface area contributed by atoms with Crippen LogP contribution in [0.15, 0.2) is 18.3 Å². The van der Waals surface area contributed by atoms with Crippen molar-refractivity contribution >= 4 is 5.82 Å². The second-order valence-electron chi connectivity index (χ2n) is 4.29. The molecule has 1 atom stereocenters. The number of nitrogens with zero attached hydrogens (tertiary/aromatic N) is 2. The predicted octanol–water partition coefficient (Wildman–Crippen LogP) is 1.07. The molecule has 1 aromatic heterocycles. The molecule has 0 saturated carbocycles. The summed E-state index contributed by atoms with van der Waals surface area (Å²) in [4.78, 5) is 6.49. The third-order valence-corrected chi connectivity index (χ3v) is 2.85. The number of hydrogen-bond donors (Lipinski definition) is 1. The molecule has 18 heavy (non-hydrogen) atoms. The van der Waals surface area contributed by atoms with Crippen molar-refractivity contribution in [3.8, 4) is 5.75 Å². The molecule has 1 aliphatic rings. The molecular formula is C13H20N2O3. The van der Waals surface area contributed by atoms with Crippen molar-refractivity contribution in [2.45, 2.75) is 19.4 Å². The molecule has 1 fully saturated rings. The number of aliphatic hydroxyl groups excluding tert-OH is 1. The molecule has 100 valence electrons. The maximum absolute atomic E-state index is 9.16. The van der Waals surface area contributed by atoms with E-state index in [-0.39, 0.29) is 12.7 Å². The van der Waals surface area contributed by atoms with Gasteiger partial charge in [0.25, 0.3) is 0 Å². The van der Waals surface area contributed by atoms with E-state index in [2.05, 4.69) is 16.8 Å². The average molecular weight is 252 g/mol. The normalized spacial score (nSPS) is 19.9. The lowest BCUT2D eigenvalue weighted by molar-refractivity contribution is 0.00322. The molecule has 0 spiro atoms. The fraction of sp³-hybridized carbons (Fsp3) is 0.615. The molecule has 1 N–H and O–H groups in total. The summed E-state index contributed by atoms with van der Waals surface area (Å²) in [7, 11) is 0. The van der Waals surface area contributed by atoms with Crippen molar-refractivity contribution in [1.29, 1.82) is 0 Å². The Hall–Kier alpha value is -1.33. The molecule has 5 heteroatoms. The summed E-state index contributed by atoms with van der Waals surface area (Å²) < 4.78 is 11.1. The molecule has 1 saturated heterocycles. The first kappa shape index (κ1) is 13.1. The maximum Gasteiger partial charge on any atom is 0.171 e. The predicted molar refractivity (Wildman–Crippen MR) is 69.1 cm³/mol. The quantitative estimate of drug-likeness (QED) is 0.849. The molecule has 0 radical (unpaired) electrons. The van der Waals surface area contributed by atoms with E-state index < -0.39 is 0 Å². The van der Waals surface area contributed by atoms with Gasteiger partial charge in [-0.05, 0) is 18.6 Å². The van der Waals surface area contributed by atoms with Crippen LogP contribution in [0.5, 0.6) is 5.75 Å². The van der Waals surface area contributed by atoms with Gasteiger partial charge in [0.1, 0.15) is 0 Å². The van der Waals surface area contributed by atoms with E-state index in [9.17, 15) is 0 Å². The monoisotopic (exact) mass is 252 g/mol. The number of ether oxygens (including phenoxy) is 2. The Morgan fingerprint density at radius 3 is 3.28 bits per heavy atom. The summed E-state index contributed by atoms with van der Waals surface area (Å²) in [5.74, 6) is 1.64. The van der Waals surface area contributed by atoms with Crippen molar-refractivity contribution < 1.29 is 14.6 Å². The van der Waals surface area contributed by atoms with Crippen LogP contribution in [0.2, 0.25) is 0 Å². The summed E-state index contributed by atoms with van der Waals surface area (Å²) in [6.45, 7) is 4.83. The van der Waals surface area contributed by atoms with E-state index in [1.54, 1.807) is 6.20 Å². The Bertz CT molecular complexity index is 373. The van der Waals surface area contributed by atoms with E-state index >= 15 is 0 Å². The molecule has 0 amide bonds. The maximum atomic E-state index is 9.16. The minimum atomic E-state index is -0.139. The first-order chi connectivity index (χ1) is 8.85. The number of pyridine rings is 1. The van der Waals surface area contributed by atoms with Gasteiger partial charge in [-0.1, -0.05) is 6.92 Å². The lowest BCUT2D eigenvalue weighted by Crippen LogP contribution is -2.44. The molecule has 0 bridgehead atoms. The van der Waals surface area contributed by atoms with Gasteiger partial charge in [-0.3, -0.25) is 0 Å². The van der Waals surface area contributed by atoms with E-state index in [0.717, 1.165) is 24.5 Å². The fourth-order valence-corrected chi connectivity index (χ4v) is 1.97. The second-order valence-corrected chi connectivity index (χ2v) is 4.29. The summed E-state index contributed by atoms with van der Waals surface area (Å²) in [5, 5.41) is 9.16. The van der Waals surface area contributed by atoms with Crippen LogP contribution in [0.25, 0.3) is 0 Å². The molecule has 0 aromatic carbocycles. The van der Waals surface area contributed by atoms with Crippen LogP contribution in [0.4, 0.5) is 5.82 Å². The van der Waals surface area contributed by atoms with Crippen LogP contribution in [-0.2, 0) is 4.74 Å². The molecule has 2 heterocycles. The van der Waals surface area contributed by atoms with Crippen LogP contribution in [-0.4, -0.2) is 49.1 Å². The number of morpholine rings is 1. The van der Waals surface area contributed by atoms with Gasteiger partial charge in [-0.25, -0.2) is 4.98 Å². The number of rotatable bonds is 5. The van der Waals surface area contributed by atoms with Crippen molar-refractivity contribution in [3.05, 3.63) is 18.3 Å². The van der Waals surface area contributed by atoms with Gasteiger partial charge in [0.05, 0.1) is 25.9 Å². The highest BCUT2D eigenvalue weighted by Gasteiger charge is 2.22. The lowest BCUT2D eigenvalue weighted by Gasteiger charge is -2.33. The van der Waals surface area contributed by atoms with Crippen LogP contribution in [0.1, 0.15) is 13.3 Å². The number of aliphatic hydroxyl groups is 1. The highest BCUT2D eigenvalue weighted by molar-refractivity contribution is 5.52. The van der Waals surface area contributed by atoms with Gasteiger partial charge >= 0.3 is 0 Å². The van der Waals surface area contributed by atoms with Crippen LogP contribution in [0, 0.1) is 0 Å². The Morgan fingerprint density at radius 2 is 2.50 bits per heavy atom. The van der Waals surface area contributed by atoms with E-state index in [1.807, 2.05) is 12.1 Å². The Kier molecular flexibility index (Phi) is 4.78. The van der Waals surface area contributed by atoms with Crippen LogP contribution >= 0.6 is 0 Å². The first-order valence-electron chi connectivity index (χ1n) is 6.40. The third kappa shape index (κ3) is 3.11. The summed E-state index contributed by atoms with van der Waals surface area (Å²) in [6, 6.07) is 3.81. The zero-order chi connectivity index (χ0) is 12.8. The van der Waals surface area contributed by atoms with Crippen molar-refractivity contribution in [3.63, 3.8) is 0 Å². The SMILES string of the molecule is CCCOc1cccnc1N1CCOC(CO)C1. The largest absolute Gasteiger partial charge is 0.490 e. The Balaban J connectivity index is 2.11. The topological polar surface area (TPSA) is 54.8 Å². The molecular weight excluding hydrogens is 232 g/mol. The molecule has 1 aliphatic heterocycles. The van der Waals surface area contributed by atoms with Crippen LogP contribution in [0.3, 0.4) is 0 Å². The minimum Gasteiger partial charge on any atom is -0.490 e. The fourth-order valence-electron chi connectivity index (χ4n) is 1.97. The van der Waals surface area contributed by atoms with Gasteiger partial charge < -0.3 is 19.5 Å². The summed E-state index contributed by atoms with van der Waals surface area (Å²) in [5.41, 5.74) is 0. The minimum absolute atomic E-state index is 0.0362. The van der Waals surface area contributed by atoms with Gasteiger partial charge in [-0.2, -0.15) is 0 Å². The molecule has 1 unspecified atom stereocenters. The Morgan fingerprint density at radius 1 is 1.61 bits per heavy atom. The zero-order valence-corrected chi connectivity index (χ0v) is 10.7. The molecule has 2 rings (SSSR count). The summed E-state index contributed by atoms with van der Waals surface area (Å²) in [6.07, 6.45) is 2.59. The Labute approximate surface area is 107 Å². The smallest absolute Gasteiger partial charge is 0.171 e. The number of anilines is 1. The molecule has 5 nitrogen and oxygen atoms in total. The van der Waals surface area contributed by atoms with Crippen molar-refractivity contribution in [2.75, 3.05) is 37.8 Å². The van der Waals surface area contributed by atoms with Gasteiger partial charge in [0, 0.05) is 19.3 Å². The second kappa shape index (κ2) is 6.56. The highest BCUT2D eigenvalue weighted by atomic mass is 16.5. The van der Waals surface area contributed by atoms with Gasteiger partial charge in [0.15, 0.2) is 11.6 Å². The third-order valence-electron chi connectivity index (χ3n) is 2.85. The molecule has 1 aromatic rings. The lowest BCUT2D eigenvalue weighted by atomic mass is 10.2. The first-order valence-corrected chi connectivity index (χ1v) is 6.40. The number of hydrogen-bond acceptors (Lipinski definition) is 5. The summed E-state index contributed by atoms with van der Waals surface area (Å²) >= 11 is 0. The van der Waals surface area contributed by atoms with E-state index in [1.165, 1.54) is 0 Å². The van der Waals surface area contributed by atoms with Crippen molar-refractivity contribution in [2.24, 2.45) is 0 Å². The van der Waals surface area contributed by atoms with Gasteiger partial charge in [0.2, 0.25) is 0 Å². The standard InChI is InChI=1S/C13H20N2O3/c1-2-7-18-12-4-3-5-14-13(12)15-6-8-17-11(9-15)10-16/h3-5,11,16H,2,6-10H2,1H3. The molecule has 0 aliphatic carbocycles. The number of aromatic nitrogens is 1. The van der Waals surface area contributed by atoms with E-state index in [4.69, 9.17) is 14.6 Å². The zero-order valence-electron chi connectivity index (χ0n) is 10.7. The van der Waals surface area contributed by atoms with Crippen molar-refractivity contribution in [1.82, 2.24) is 4.98 Å². The highest BCUT2D eigenvalue weighted by Crippen LogP contribution is 2.26.